The Hall–Kier alpha value is -1.24. The first kappa shape index (κ1) is 10.8. The van der Waals surface area contributed by atoms with Crippen LogP contribution >= 0.6 is 0 Å². The Kier molecular flexibility index (Phi) is 3.34. The monoisotopic (exact) mass is 189 g/mol. The van der Waals surface area contributed by atoms with Gasteiger partial charge in [-0.25, -0.2) is 0 Å². The van der Waals surface area contributed by atoms with Crippen molar-refractivity contribution in [2.75, 3.05) is 0 Å². The second kappa shape index (κ2) is 4.32. The van der Waals surface area contributed by atoms with Gasteiger partial charge in [0.1, 0.15) is 0 Å². The van der Waals surface area contributed by atoms with E-state index >= 15 is 0 Å². The van der Waals surface area contributed by atoms with Crippen LogP contribution in [0.2, 0.25) is 0 Å². The molecule has 0 aromatic heterocycles. The molecule has 0 atom stereocenters. The van der Waals surface area contributed by atoms with Crippen LogP contribution in [-0.2, 0) is 0 Å². The lowest BCUT2D eigenvalue weighted by atomic mass is 9.94. The first-order valence-corrected chi connectivity index (χ1v) is 5.03. The number of hydrogen-bond donors (Lipinski definition) is 1. The fourth-order valence-electron chi connectivity index (χ4n) is 1.52. The summed E-state index contributed by atoms with van der Waals surface area (Å²) in [6.07, 6.45) is 5.28. The maximum absolute atomic E-state index is 4.04. The highest BCUT2D eigenvalue weighted by molar-refractivity contribution is 5.50. The molecule has 0 heterocycles. The summed E-state index contributed by atoms with van der Waals surface area (Å²) in [5.41, 5.74) is 4.62. The largest absolute Gasteiger partial charge is 0.383 e. The summed E-state index contributed by atoms with van der Waals surface area (Å²) in [5, 5.41) is 3.32. The molecule has 0 aliphatic heterocycles. The van der Waals surface area contributed by atoms with Crippen LogP contribution in [0.3, 0.4) is 0 Å². The second-order valence-corrected chi connectivity index (χ2v) is 4.09. The smallest absolute Gasteiger partial charge is 0.0345 e. The summed E-state index contributed by atoms with van der Waals surface area (Å²) < 4.78 is 0. The molecule has 1 heteroatoms. The normalized spacial score (nSPS) is 16.4. The fourth-order valence-corrected chi connectivity index (χ4v) is 1.52. The summed E-state index contributed by atoms with van der Waals surface area (Å²) in [7, 11) is 0. The van der Waals surface area contributed by atoms with Crippen LogP contribution in [0.15, 0.2) is 47.7 Å². The van der Waals surface area contributed by atoms with Crippen molar-refractivity contribution in [1.82, 2.24) is 5.32 Å². The van der Waals surface area contributed by atoms with Crippen LogP contribution in [0.5, 0.6) is 0 Å². The van der Waals surface area contributed by atoms with Crippen molar-refractivity contribution >= 4 is 0 Å². The standard InChI is InChI=1S/C13H19N/c1-9(2)14-12(5)13-8-10(3)6-7-11(13)4/h7-9,14H,3,5-6H2,1-2,4H3. The van der Waals surface area contributed by atoms with Crippen molar-refractivity contribution in [3.63, 3.8) is 0 Å². The van der Waals surface area contributed by atoms with Gasteiger partial charge in [-0.3, -0.25) is 0 Å². The summed E-state index contributed by atoms with van der Waals surface area (Å²) in [4.78, 5) is 0. The first-order chi connectivity index (χ1) is 6.50. The van der Waals surface area contributed by atoms with Gasteiger partial charge >= 0.3 is 0 Å². The first-order valence-electron chi connectivity index (χ1n) is 5.03. The van der Waals surface area contributed by atoms with Gasteiger partial charge in [0.15, 0.2) is 0 Å². The molecule has 1 N–H and O–H groups in total. The van der Waals surface area contributed by atoms with Crippen LogP contribution in [0.1, 0.15) is 27.2 Å². The topological polar surface area (TPSA) is 12.0 Å². The minimum atomic E-state index is 0.423. The molecule has 76 valence electrons. The van der Waals surface area contributed by atoms with E-state index in [9.17, 15) is 0 Å². The summed E-state index contributed by atoms with van der Waals surface area (Å²) in [5.74, 6) is 0. The highest BCUT2D eigenvalue weighted by Gasteiger charge is 2.10. The molecular weight excluding hydrogens is 170 g/mol. The Balaban J connectivity index is 2.80. The van der Waals surface area contributed by atoms with E-state index in [0.717, 1.165) is 17.7 Å². The molecule has 0 saturated carbocycles. The van der Waals surface area contributed by atoms with E-state index in [1.54, 1.807) is 0 Å². The van der Waals surface area contributed by atoms with Crippen molar-refractivity contribution in [1.29, 1.82) is 0 Å². The van der Waals surface area contributed by atoms with E-state index in [-0.39, 0.29) is 0 Å². The number of hydrogen-bond acceptors (Lipinski definition) is 1. The van der Waals surface area contributed by atoms with Crippen molar-refractivity contribution < 1.29 is 0 Å². The minimum absolute atomic E-state index is 0.423. The summed E-state index contributed by atoms with van der Waals surface area (Å²) in [6.45, 7) is 14.4. The third-order valence-corrected chi connectivity index (χ3v) is 2.23. The second-order valence-electron chi connectivity index (χ2n) is 4.09. The average molecular weight is 189 g/mol. The Morgan fingerprint density at radius 3 is 2.71 bits per heavy atom. The van der Waals surface area contributed by atoms with Gasteiger partial charge in [0.2, 0.25) is 0 Å². The molecule has 0 amide bonds. The van der Waals surface area contributed by atoms with Crippen molar-refractivity contribution in [2.24, 2.45) is 0 Å². The molecule has 1 nitrogen and oxygen atoms in total. The number of allylic oxidation sites excluding steroid dienone is 4. The van der Waals surface area contributed by atoms with Crippen molar-refractivity contribution in [3.8, 4) is 0 Å². The van der Waals surface area contributed by atoms with E-state index in [1.165, 1.54) is 11.1 Å². The molecule has 0 bridgehead atoms. The molecule has 0 fully saturated rings. The highest BCUT2D eigenvalue weighted by atomic mass is 14.9. The Morgan fingerprint density at radius 2 is 2.14 bits per heavy atom. The van der Waals surface area contributed by atoms with Crippen LogP contribution in [0, 0.1) is 0 Å². The van der Waals surface area contributed by atoms with Gasteiger partial charge < -0.3 is 5.32 Å². The Labute approximate surface area is 86.9 Å². The molecule has 0 aromatic rings. The number of rotatable bonds is 3. The van der Waals surface area contributed by atoms with Crippen LogP contribution in [0.4, 0.5) is 0 Å². The fraction of sp³-hybridized carbons (Fsp3) is 0.385. The predicted octanol–water partition coefficient (Wildman–Crippen LogP) is 3.33. The van der Waals surface area contributed by atoms with Gasteiger partial charge in [0.25, 0.3) is 0 Å². The molecule has 0 aromatic carbocycles. The van der Waals surface area contributed by atoms with E-state index in [0.29, 0.717) is 6.04 Å². The van der Waals surface area contributed by atoms with E-state index in [4.69, 9.17) is 0 Å². The highest BCUT2D eigenvalue weighted by Crippen LogP contribution is 2.24. The Bertz CT molecular complexity index is 316. The molecular formula is C13H19N. The van der Waals surface area contributed by atoms with Gasteiger partial charge in [0, 0.05) is 11.7 Å². The molecule has 0 saturated heterocycles. The SMILES string of the molecule is C=C1C=C(C(=C)NC(C)C)C(C)=CC1. The van der Waals surface area contributed by atoms with Crippen LogP contribution in [0.25, 0.3) is 0 Å². The molecule has 14 heavy (non-hydrogen) atoms. The maximum atomic E-state index is 4.04. The van der Waals surface area contributed by atoms with Crippen molar-refractivity contribution in [2.45, 2.75) is 33.2 Å². The molecule has 1 aliphatic carbocycles. The van der Waals surface area contributed by atoms with Crippen LogP contribution in [-0.4, -0.2) is 6.04 Å². The zero-order valence-corrected chi connectivity index (χ0v) is 9.35. The lowest BCUT2D eigenvalue weighted by Crippen LogP contribution is -2.23. The average Bonchev–Trinajstić information content (AvgIpc) is 2.08. The van der Waals surface area contributed by atoms with E-state index < -0.39 is 0 Å². The lowest BCUT2D eigenvalue weighted by Gasteiger charge is -2.19. The third kappa shape index (κ3) is 2.63. The quantitative estimate of drug-likeness (QED) is 0.718. The maximum Gasteiger partial charge on any atom is 0.0345 e. The van der Waals surface area contributed by atoms with Gasteiger partial charge in [-0.05, 0) is 44.4 Å². The van der Waals surface area contributed by atoms with Gasteiger partial charge in [-0.15, -0.1) is 0 Å². The summed E-state index contributed by atoms with van der Waals surface area (Å²) in [6, 6.07) is 0.423. The molecule has 0 spiro atoms. The van der Waals surface area contributed by atoms with Crippen molar-refractivity contribution in [3.05, 3.63) is 47.7 Å². The predicted molar refractivity (Wildman–Crippen MR) is 63.0 cm³/mol. The minimum Gasteiger partial charge on any atom is -0.383 e. The van der Waals surface area contributed by atoms with E-state index in [2.05, 4.69) is 51.4 Å². The van der Waals surface area contributed by atoms with Gasteiger partial charge in [-0.1, -0.05) is 24.8 Å². The molecule has 0 radical (unpaired) electrons. The Morgan fingerprint density at radius 1 is 1.50 bits per heavy atom. The summed E-state index contributed by atoms with van der Waals surface area (Å²) >= 11 is 0. The van der Waals surface area contributed by atoms with E-state index in [1.807, 2.05) is 0 Å². The zero-order chi connectivity index (χ0) is 10.7. The van der Waals surface area contributed by atoms with Gasteiger partial charge in [-0.2, -0.15) is 0 Å². The lowest BCUT2D eigenvalue weighted by molar-refractivity contribution is 0.677. The molecule has 1 aliphatic rings. The van der Waals surface area contributed by atoms with Crippen LogP contribution < -0.4 is 5.32 Å². The zero-order valence-electron chi connectivity index (χ0n) is 9.35. The molecule has 0 unspecified atom stereocenters. The third-order valence-electron chi connectivity index (χ3n) is 2.23. The van der Waals surface area contributed by atoms with Gasteiger partial charge in [0.05, 0.1) is 0 Å². The molecule has 1 rings (SSSR count). The number of nitrogens with one attached hydrogen (secondary N) is 1.